The van der Waals surface area contributed by atoms with Crippen molar-refractivity contribution in [1.29, 1.82) is 0 Å². The molecule has 12 heteroatoms. The third-order valence-corrected chi connectivity index (χ3v) is 8.69. The van der Waals surface area contributed by atoms with E-state index in [1.807, 2.05) is 91.9 Å². The van der Waals surface area contributed by atoms with Crippen LogP contribution in [0.25, 0.3) is 21.5 Å². The van der Waals surface area contributed by atoms with Gasteiger partial charge in [-0.2, -0.15) is 4.98 Å². The highest BCUT2D eigenvalue weighted by Gasteiger charge is 2.38. The summed E-state index contributed by atoms with van der Waals surface area (Å²) in [7, 11) is 0. The number of anilines is 1. The molecule has 5 aromatic rings. The summed E-state index contributed by atoms with van der Waals surface area (Å²) >= 11 is 0. The standard InChI is InChI=1S/C37H40N8O4/c1-23-22-45(37(48)44-35(23)40-16-17-41-36(38)39)34-20-30(43-33(47)19-27-13-7-11-25-9-3-5-15-29(25)27)31(49-34)21-42-32(46)18-26-12-6-10-24-8-2-4-14-28(24)26/h2-15,22,30-31,34H,16-21H2,1H3,(H,42,46)(H,43,47)(H4,38,39,41)(H,40,44,48)/t30-,31+,34+/m0/s1. The van der Waals surface area contributed by atoms with Gasteiger partial charge in [-0.1, -0.05) is 84.9 Å². The lowest BCUT2D eigenvalue weighted by Crippen LogP contribution is -2.46. The number of aryl methyl sites for hydroxylation is 1. The zero-order chi connectivity index (χ0) is 34.3. The molecular formula is C37H40N8O4. The summed E-state index contributed by atoms with van der Waals surface area (Å²) < 4.78 is 7.81. The molecule has 49 heavy (non-hydrogen) atoms. The molecule has 3 atom stereocenters. The topological polar surface area (TPSA) is 179 Å². The summed E-state index contributed by atoms with van der Waals surface area (Å²) in [5.41, 5.74) is 12.8. The van der Waals surface area contributed by atoms with E-state index in [9.17, 15) is 14.4 Å². The van der Waals surface area contributed by atoms with Crippen LogP contribution in [0.3, 0.4) is 0 Å². The first-order chi connectivity index (χ1) is 23.7. The van der Waals surface area contributed by atoms with Crippen molar-refractivity contribution in [3.05, 3.63) is 118 Å². The van der Waals surface area contributed by atoms with Crippen LogP contribution in [0.5, 0.6) is 0 Å². The number of rotatable bonds is 12. The number of hydrogen-bond donors (Lipinski definition) is 5. The van der Waals surface area contributed by atoms with E-state index in [-0.39, 0.29) is 37.2 Å². The van der Waals surface area contributed by atoms with Gasteiger partial charge in [0.2, 0.25) is 11.8 Å². The Morgan fingerprint density at radius 2 is 1.51 bits per heavy atom. The molecule has 1 aromatic heterocycles. The number of nitrogens with zero attached hydrogens (tertiary/aromatic N) is 3. The van der Waals surface area contributed by atoms with E-state index in [2.05, 4.69) is 25.9 Å². The fourth-order valence-electron chi connectivity index (χ4n) is 6.33. The number of ether oxygens (including phenoxy) is 1. The molecular weight excluding hydrogens is 620 g/mol. The molecule has 12 nitrogen and oxygen atoms in total. The van der Waals surface area contributed by atoms with E-state index in [0.717, 1.165) is 38.2 Å². The Labute approximate surface area is 283 Å². The quantitative estimate of drug-likeness (QED) is 0.0770. The number of benzene rings is 4. The van der Waals surface area contributed by atoms with Gasteiger partial charge in [0.1, 0.15) is 12.0 Å². The van der Waals surface area contributed by atoms with E-state index in [4.69, 9.17) is 16.2 Å². The molecule has 0 radical (unpaired) electrons. The second-order valence-corrected chi connectivity index (χ2v) is 12.2. The number of carbonyl (C=O) groups excluding carboxylic acids is 2. The van der Waals surface area contributed by atoms with Crippen molar-refractivity contribution in [3.63, 3.8) is 0 Å². The number of nitrogens with one attached hydrogen (secondary N) is 3. The molecule has 2 heterocycles. The number of carbonyl (C=O) groups is 2. The average molecular weight is 661 g/mol. The van der Waals surface area contributed by atoms with Crippen LogP contribution in [0, 0.1) is 6.92 Å². The molecule has 7 N–H and O–H groups in total. The molecule has 0 unspecified atom stereocenters. The smallest absolute Gasteiger partial charge is 0.351 e. The van der Waals surface area contributed by atoms with Gasteiger partial charge in [0.05, 0.1) is 31.5 Å². The average Bonchev–Trinajstić information content (AvgIpc) is 3.49. The van der Waals surface area contributed by atoms with E-state index >= 15 is 0 Å². The summed E-state index contributed by atoms with van der Waals surface area (Å²) in [6.07, 6.45) is 1.04. The zero-order valence-corrected chi connectivity index (χ0v) is 27.3. The van der Waals surface area contributed by atoms with Crippen molar-refractivity contribution in [2.45, 2.75) is 44.6 Å². The van der Waals surface area contributed by atoms with Gasteiger partial charge in [-0.25, -0.2) is 4.79 Å². The molecule has 1 saturated heterocycles. The van der Waals surface area contributed by atoms with Gasteiger partial charge in [0.15, 0.2) is 5.96 Å². The van der Waals surface area contributed by atoms with Gasteiger partial charge < -0.3 is 32.2 Å². The van der Waals surface area contributed by atoms with E-state index in [1.165, 1.54) is 4.57 Å². The minimum absolute atomic E-state index is 0.0154. The first-order valence-corrected chi connectivity index (χ1v) is 16.3. The van der Waals surface area contributed by atoms with Crippen LogP contribution >= 0.6 is 0 Å². The van der Waals surface area contributed by atoms with Gasteiger partial charge in [0.25, 0.3) is 0 Å². The Bertz CT molecular complexity index is 2060. The molecule has 1 aliphatic heterocycles. The number of aliphatic imine (C=N–C) groups is 1. The molecule has 6 rings (SSSR count). The minimum Gasteiger partial charge on any atom is -0.370 e. The number of amides is 2. The minimum atomic E-state index is -0.711. The van der Waals surface area contributed by atoms with Gasteiger partial charge in [-0.05, 0) is 39.6 Å². The maximum Gasteiger partial charge on any atom is 0.351 e. The van der Waals surface area contributed by atoms with Crippen molar-refractivity contribution in [2.24, 2.45) is 16.5 Å². The van der Waals surface area contributed by atoms with Crippen molar-refractivity contribution >= 4 is 45.1 Å². The third kappa shape index (κ3) is 8.04. The van der Waals surface area contributed by atoms with Gasteiger partial charge >= 0.3 is 5.69 Å². The molecule has 252 valence electrons. The largest absolute Gasteiger partial charge is 0.370 e. The van der Waals surface area contributed by atoms with Crippen LogP contribution < -0.4 is 33.1 Å². The fraction of sp³-hybridized carbons (Fsp3) is 0.270. The van der Waals surface area contributed by atoms with Crippen molar-refractivity contribution in [3.8, 4) is 0 Å². The monoisotopic (exact) mass is 660 g/mol. The predicted octanol–water partition coefficient (Wildman–Crippen LogP) is 2.92. The molecule has 4 aromatic carbocycles. The van der Waals surface area contributed by atoms with Gasteiger partial charge in [-0.15, -0.1) is 0 Å². The van der Waals surface area contributed by atoms with Crippen LogP contribution in [0.2, 0.25) is 0 Å². The van der Waals surface area contributed by atoms with E-state index in [1.54, 1.807) is 6.20 Å². The Morgan fingerprint density at radius 1 is 0.898 bits per heavy atom. The number of aromatic nitrogens is 2. The SMILES string of the molecule is Cc1cn([C@H]2C[C@H](NC(=O)Cc3cccc4ccccc34)[C@@H](CNC(=O)Cc3cccc4ccccc34)O2)c(=O)nc1NCCN=C(N)N. The Hall–Kier alpha value is -5.75. The second-order valence-electron chi connectivity index (χ2n) is 12.2. The summed E-state index contributed by atoms with van der Waals surface area (Å²) in [5.74, 6) is 0.0512. The highest BCUT2D eigenvalue weighted by atomic mass is 16.5. The maximum absolute atomic E-state index is 13.5. The molecule has 0 aliphatic carbocycles. The lowest BCUT2D eigenvalue weighted by molar-refractivity contribution is -0.121. The van der Waals surface area contributed by atoms with Crippen LogP contribution in [0.15, 0.2) is 101 Å². The molecule has 0 saturated carbocycles. The molecule has 2 amide bonds. The Morgan fingerprint density at radius 3 is 2.16 bits per heavy atom. The molecule has 1 aliphatic rings. The first kappa shape index (κ1) is 33.2. The number of guanidine groups is 1. The maximum atomic E-state index is 13.5. The molecule has 0 spiro atoms. The van der Waals surface area contributed by atoms with Gasteiger partial charge in [-0.3, -0.25) is 19.1 Å². The van der Waals surface area contributed by atoms with Gasteiger partial charge in [0, 0.05) is 31.3 Å². The summed E-state index contributed by atoms with van der Waals surface area (Å²) in [5, 5.41) is 13.4. The van der Waals surface area contributed by atoms with Crippen LogP contribution in [-0.2, 0) is 27.2 Å². The second kappa shape index (κ2) is 15.0. The zero-order valence-electron chi connectivity index (χ0n) is 27.3. The Kier molecular flexibility index (Phi) is 10.1. The highest BCUT2D eigenvalue weighted by molar-refractivity contribution is 5.91. The van der Waals surface area contributed by atoms with E-state index < -0.39 is 24.1 Å². The van der Waals surface area contributed by atoms with Crippen molar-refractivity contribution in [2.75, 3.05) is 25.0 Å². The number of fused-ring (bicyclic) bond motifs is 2. The van der Waals surface area contributed by atoms with Crippen LogP contribution in [-0.4, -0.2) is 59.1 Å². The molecule has 1 fully saturated rings. The first-order valence-electron chi connectivity index (χ1n) is 16.3. The van der Waals surface area contributed by atoms with Crippen molar-refractivity contribution in [1.82, 2.24) is 20.2 Å². The third-order valence-electron chi connectivity index (χ3n) is 8.69. The highest BCUT2D eigenvalue weighted by Crippen LogP contribution is 2.29. The van der Waals surface area contributed by atoms with Crippen LogP contribution in [0.4, 0.5) is 5.82 Å². The van der Waals surface area contributed by atoms with Crippen molar-refractivity contribution < 1.29 is 14.3 Å². The lowest BCUT2D eigenvalue weighted by Gasteiger charge is -2.20. The summed E-state index contributed by atoms with van der Waals surface area (Å²) in [6, 6.07) is 27.2. The normalized spacial score (nSPS) is 17.1. The number of hydrogen-bond acceptors (Lipinski definition) is 7. The van der Waals surface area contributed by atoms with Crippen LogP contribution in [0.1, 0.15) is 29.3 Å². The Balaban J connectivity index is 1.18. The fourth-order valence-corrected chi connectivity index (χ4v) is 6.33. The van der Waals surface area contributed by atoms with E-state index in [0.29, 0.717) is 25.3 Å². The molecule has 0 bridgehead atoms. The lowest BCUT2D eigenvalue weighted by atomic mass is 10.0. The predicted molar refractivity (Wildman–Crippen MR) is 191 cm³/mol. The summed E-state index contributed by atoms with van der Waals surface area (Å²) in [4.78, 5) is 48.0. The number of nitrogens with two attached hydrogens (primary N) is 2. The summed E-state index contributed by atoms with van der Waals surface area (Å²) in [6.45, 7) is 2.69.